The van der Waals surface area contributed by atoms with Gasteiger partial charge in [0.15, 0.2) is 5.76 Å². The number of carbonyl (C=O) groups excluding carboxylic acids is 1. The van der Waals surface area contributed by atoms with Gasteiger partial charge >= 0.3 is 0 Å². The van der Waals surface area contributed by atoms with E-state index in [0.717, 1.165) is 6.42 Å². The monoisotopic (exact) mass is 286 g/mol. The van der Waals surface area contributed by atoms with E-state index < -0.39 is 10.0 Å². The molecule has 1 amide bonds. The highest BCUT2D eigenvalue weighted by molar-refractivity contribution is 7.89. The highest BCUT2D eigenvalue weighted by Crippen LogP contribution is 2.38. The minimum Gasteiger partial charge on any atom is -0.455 e. The summed E-state index contributed by atoms with van der Waals surface area (Å²) >= 11 is 0. The van der Waals surface area contributed by atoms with E-state index in [2.05, 4.69) is 6.92 Å². The summed E-state index contributed by atoms with van der Waals surface area (Å²) in [6.07, 6.45) is 1.12. The number of aryl methyl sites for hydroxylation is 1. The van der Waals surface area contributed by atoms with Crippen LogP contribution >= 0.6 is 0 Å². The summed E-state index contributed by atoms with van der Waals surface area (Å²) in [5.74, 6) is 1.00. The van der Waals surface area contributed by atoms with Crippen molar-refractivity contribution < 1.29 is 17.6 Å². The van der Waals surface area contributed by atoms with Gasteiger partial charge < -0.3 is 9.32 Å². The Morgan fingerprint density at radius 3 is 2.58 bits per heavy atom. The van der Waals surface area contributed by atoms with Crippen molar-refractivity contribution in [2.45, 2.75) is 25.2 Å². The summed E-state index contributed by atoms with van der Waals surface area (Å²) in [5, 5.41) is 5.04. The summed E-state index contributed by atoms with van der Waals surface area (Å²) < 4.78 is 27.8. The maximum atomic E-state index is 12.1. The van der Waals surface area contributed by atoms with Gasteiger partial charge in [0, 0.05) is 19.7 Å². The number of sulfonamides is 1. The zero-order valence-electron chi connectivity index (χ0n) is 11.2. The van der Waals surface area contributed by atoms with Gasteiger partial charge in [-0.15, -0.1) is 0 Å². The Bertz CT molecular complexity index is 605. The van der Waals surface area contributed by atoms with Crippen LogP contribution in [0.15, 0.2) is 15.4 Å². The average molecular weight is 286 g/mol. The molecule has 1 fully saturated rings. The van der Waals surface area contributed by atoms with Gasteiger partial charge in [0.1, 0.15) is 10.7 Å². The van der Waals surface area contributed by atoms with Crippen molar-refractivity contribution >= 4 is 15.9 Å². The van der Waals surface area contributed by atoms with Crippen molar-refractivity contribution in [1.29, 1.82) is 0 Å². The highest BCUT2D eigenvalue weighted by atomic mass is 32.2. The van der Waals surface area contributed by atoms with E-state index in [1.165, 1.54) is 13.0 Å². The lowest BCUT2D eigenvalue weighted by Crippen LogP contribution is -2.28. The molecule has 2 atom stereocenters. The molecular formula is C12H18N2O4S. The Balaban J connectivity index is 2.15. The van der Waals surface area contributed by atoms with Crippen molar-refractivity contribution in [2.75, 3.05) is 13.6 Å². The fourth-order valence-corrected chi connectivity index (χ4v) is 2.84. The SMILES string of the molecule is Cc1oc(C(=O)N(C)CC2CC2C)cc1S(N)(=O)=O. The molecule has 19 heavy (non-hydrogen) atoms. The molecule has 0 aliphatic heterocycles. The number of hydrogen-bond donors (Lipinski definition) is 1. The van der Waals surface area contributed by atoms with Gasteiger partial charge in [0.2, 0.25) is 10.0 Å². The predicted molar refractivity (Wildman–Crippen MR) is 69.0 cm³/mol. The first-order valence-electron chi connectivity index (χ1n) is 6.09. The third kappa shape index (κ3) is 2.98. The van der Waals surface area contributed by atoms with Crippen LogP contribution < -0.4 is 5.14 Å². The van der Waals surface area contributed by atoms with Gasteiger partial charge in [-0.05, 0) is 25.2 Å². The first-order valence-corrected chi connectivity index (χ1v) is 7.63. The molecule has 1 heterocycles. The lowest BCUT2D eigenvalue weighted by Gasteiger charge is -2.15. The van der Waals surface area contributed by atoms with Crippen LogP contribution in [0.3, 0.4) is 0 Å². The minimum absolute atomic E-state index is 0.0114. The number of furan rings is 1. The van der Waals surface area contributed by atoms with Crippen molar-refractivity contribution in [3.05, 3.63) is 17.6 Å². The molecule has 106 valence electrons. The summed E-state index contributed by atoms with van der Waals surface area (Å²) in [6, 6.07) is 1.19. The Labute approximate surface area is 112 Å². The average Bonchev–Trinajstić information content (AvgIpc) is 2.81. The molecule has 1 saturated carbocycles. The molecule has 1 aromatic heterocycles. The number of nitrogens with zero attached hydrogens (tertiary/aromatic N) is 1. The van der Waals surface area contributed by atoms with Gasteiger partial charge in [-0.25, -0.2) is 13.6 Å². The number of rotatable bonds is 4. The van der Waals surface area contributed by atoms with E-state index >= 15 is 0 Å². The van der Waals surface area contributed by atoms with Crippen LogP contribution in [-0.4, -0.2) is 32.8 Å². The number of carbonyl (C=O) groups is 1. The smallest absolute Gasteiger partial charge is 0.289 e. The first kappa shape index (κ1) is 14.1. The molecule has 0 spiro atoms. The molecule has 2 rings (SSSR count). The number of hydrogen-bond acceptors (Lipinski definition) is 4. The molecular weight excluding hydrogens is 268 g/mol. The van der Waals surface area contributed by atoms with Gasteiger partial charge in [-0.3, -0.25) is 4.79 Å². The molecule has 0 bridgehead atoms. The first-order chi connectivity index (χ1) is 8.70. The maximum absolute atomic E-state index is 12.1. The summed E-state index contributed by atoms with van der Waals surface area (Å²) in [7, 11) is -2.17. The number of amides is 1. The normalized spacial score (nSPS) is 22.3. The van der Waals surface area contributed by atoms with Gasteiger partial charge in [0.25, 0.3) is 5.91 Å². The van der Waals surface area contributed by atoms with E-state index in [9.17, 15) is 13.2 Å². The molecule has 1 aliphatic carbocycles. The number of primary sulfonamides is 1. The van der Waals surface area contributed by atoms with E-state index in [1.807, 2.05) is 0 Å². The Morgan fingerprint density at radius 1 is 1.58 bits per heavy atom. The third-order valence-corrected chi connectivity index (χ3v) is 4.54. The van der Waals surface area contributed by atoms with Crippen molar-refractivity contribution in [3.63, 3.8) is 0 Å². The summed E-state index contributed by atoms with van der Waals surface area (Å²) in [4.78, 5) is 13.5. The number of nitrogens with two attached hydrogens (primary N) is 1. The molecule has 7 heteroatoms. The lowest BCUT2D eigenvalue weighted by molar-refractivity contribution is 0.0754. The molecule has 2 N–H and O–H groups in total. The third-order valence-electron chi connectivity index (χ3n) is 3.52. The molecule has 2 unspecified atom stereocenters. The quantitative estimate of drug-likeness (QED) is 0.892. The van der Waals surface area contributed by atoms with Gasteiger partial charge in [0.05, 0.1) is 0 Å². The Hall–Kier alpha value is -1.34. The molecule has 0 aromatic carbocycles. The predicted octanol–water partition coefficient (Wildman–Crippen LogP) is 0.963. The van der Waals surface area contributed by atoms with Crippen LogP contribution in [0.25, 0.3) is 0 Å². The second-order valence-electron chi connectivity index (χ2n) is 5.23. The van der Waals surface area contributed by atoms with Crippen LogP contribution in [0.2, 0.25) is 0 Å². The zero-order valence-corrected chi connectivity index (χ0v) is 12.0. The molecule has 1 aliphatic rings. The molecule has 0 radical (unpaired) electrons. The van der Waals surface area contributed by atoms with Crippen LogP contribution in [0.5, 0.6) is 0 Å². The summed E-state index contributed by atoms with van der Waals surface area (Å²) in [6.45, 7) is 4.27. The van der Waals surface area contributed by atoms with E-state index in [4.69, 9.17) is 9.56 Å². The van der Waals surface area contributed by atoms with Crippen molar-refractivity contribution in [2.24, 2.45) is 17.0 Å². The van der Waals surface area contributed by atoms with E-state index in [-0.39, 0.29) is 22.3 Å². The second-order valence-corrected chi connectivity index (χ2v) is 6.76. The van der Waals surface area contributed by atoms with Gasteiger partial charge in [-0.1, -0.05) is 6.92 Å². The molecule has 1 aromatic rings. The standard InChI is InChI=1S/C12H18N2O4S/c1-7-4-9(7)6-14(3)12(15)10-5-11(8(2)18-10)19(13,16)17/h5,7,9H,4,6H2,1-3H3,(H2,13,16,17). The largest absolute Gasteiger partial charge is 0.455 e. The minimum atomic E-state index is -3.86. The zero-order chi connectivity index (χ0) is 14.4. The topological polar surface area (TPSA) is 93.6 Å². The maximum Gasteiger partial charge on any atom is 0.289 e. The second kappa shape index (κ2) is 4.64. The van der Waals surface area contributed by atoms with Gasteiger partial charge in [-0.2, -0.15) is 0 Å². The van der Waals surface area contributed by atoms with Crippen LogP contribution in [0, 0.1) is 18.8 Å². The van der Waals surface area contributed by atoms with E-state index in [1.54, 1.807) is 11.9 Å². The van der Waals surface area contributed by atoms with Crippen LogP contribution in [-0.2, 0) is 10.0 Å². The van der Waals surface area contributed by atoms with Crippen molar-refractivity contribution in [1.82, 2.24) is 4.90 Å². The molecule has 6 nitrogen and oxygen atoms in total. The summed E-state index contributed by atoms with van der Waals surface area (Å²) in [5.41, 5.74) is 0. The highest BCUT2D eigenvalue weighted by Gasteiger charge is 2.35. The van der Waals surface area contributed by atoms with Crippen LogP contribution in [0.1, 0.15) is 29.7 Å². The lowest BCUT2D eigenvalue weighted by atomic mass is 10.3. The fourth-order valence-electron chi connectivity index (χ4n) is 2.13. The van der Waals surface area contributed by atoms with Crippen LogP contribution in [0.4, 0.5) is 0 Å². The fraction of sp³-hybridized carbons (Fsp3) is 0.583. The Morgan fingerprint density at radius 2 is 2.16 bits per heavy atom. The van der Waals surface area contributed by atoms with Crippen molar-refractivity contribution in [3.8, 4) is 0 Å². The molecule has 0 saturated heterocycles. The van der Waals surface area contributed by atoms with E-state index in [0.29, 0.717) is 18.4 Å². The Kier molecular flexibility index (Phi) is 3.44.